The molecule has 0 unspecified atom stereocenters. The first-order valence-corrected chi connectivity index (χ1v) is 9.49. The van der Waals surface area contributed by atoms with Gasteiger partial charge in [-0.05, 0) is 6.42 Å². The van der Waals surface area contributed by atoms with Gasteiger partial charge in [-0.25, -0.2) is 0 Å². The van der Waals surface area contributed by atoms with Crippen molar-refractivity contribution < 1.29 is 9.63 Å². The van der Waals surface area contributed by atoms with E-state index in [0.29, 0.717) is 6.42 Å². The smallest absolute Gasteiger partial charge is 0.325 e. The highest BCUT2D eigenvalue weighted by Gasteiger charge is 2.14. The molecule has 1 heterocycles. The normalized spacial score (nSPS) is 15.9. The van der Waals surface area contributed by atoms with Crippen LogP contribution in [0.4, 0.5) is 0 Å². The van der Waals surface area contributed by atoms with E-state index in [4.69, 9.17) is 4.84 Å². The highest BCUT2D eigenvalue weighted by molar-refractivity contribution is 5.68. The predicted molar refractivity (Wildman–Crippen MR) is 91.6 cm³/mol. The molecule has 130 valence electrons. The predicted octanol–water partition coefficient (Wildman–Crippen LogP) is 4.05. The molecule has 1 rings (SSSR count). The minimum Gasteiger partial charge on any atom is -0.368 e. The van der Waals surface area contributed by atoms with Gasteiger partial charge in [0.2, 0.25) is 0 Å². The van der Waals surface area contributed by atoms with E-state index < -0.39 is 0 Å². The van der Waals surface area contributed by atoms with Crippen LogP contribution in [0.1, 0.15) is 84.0 Å². The van der Waals surface area contributed by atoms with Crippen LogP contribution in [-0.4, -0.2) is 37.2 Å². The molecule has 0 amide bonds. The second kappa shape index (κ2) is 14.0. The minimum atomic E-state index is -0.0576. The molecule has 4 nitrogen and oxygen atoms in total. The molecule has 0 aliphatic carbocycles. The van der Waals surface area contributed by atoms with Crippen molar-refractivity contribution in [1.82, 2.24) is 10.4 Å². The molecule has 4 heteroatoms. The SMILES string of the molecule is CCCCCCCCCCCCCC(=O)ON1CCNCC1. The Kier molecular flexibility index (Phi) is 12.4. The molecular formula is C18H36N2O2. The minimum absolute atomic E-state index is 0.0576. The van der Waals surface area contributed by atoms with Gasteiger partial charge in [-0.1, -0.05) is 71.1 Å². The Bertz CT molecular complexity index is 266. The maximum Gasteiger partial charge on any atom is 0.325 e. The highest BCUT2D eigenvalue weighted by Crippen LogP contribution is 2.12. The topological polar surface area (TPSA) is 41.6 Å². The lowest BCUT2D eigenvalue weighted by Gasteiger charge is -2.25. The van der Waals surface area contributed by atoms with E-state index in [1.54, 1.807) is 5.06 Å². The second-order valence-corrected chi connectivity index (χ2v) is 6.43. The van der Waals surface area contributed by atoms with Crippen molar-refractivity contribution >= 4 is 5.97 Å². The summed E-state index contributed by atoms with van der Waals surface area (Å²) in [7, 11) is 0. The fraction of sp³-hybridized carbons (Fsp3) is 0.944. The Morgan fingerprint density at radius 3 is 1.91 bits per heavy atom. The average Bonchev–Trinajstić information content (AvgIpc) is 2.53. The number of nitrogens with zero attached hydrogens (tertiary/aromatic N) is 1. The van der Waals surface area contributed by atoms with Crippen LogP contribution in [0.2, 0.25) is 0 Å². The molecule has 1 aliphatic rings. The Hall–Kier alpha value is -0.610. The molecule has 0 atom stereocenters. The van der Waals surface area contributed by atoms with Crippen LogP contribution in [0.3, 0.4) is 0 Å². The Morgan fingerprint density at radius 1 is 0.864 bits per heavy atom. The van der Waals surface area contributed by atoms with E-state index in [-0.39, 0.29) is 5.97 Å². The van der Waals surface area contributed by atoms with Crippen molar-refractivity contribution in [2.75, 3.05) is 26.2 Å². The highest BCUT2D eigenvalue weighted by atomic mass is 16.7. The van der Waals surface area contributed by atoms with Gasteiger partial charge in [0.1, 0.15) is 0 Å². The lowest BCUT2D eigenvalue weighted by molar-refractivity contribution is -0.192. The molecule has 0 radical (unpaired) electrons. The summed E-state index contributed by atoms with van der Waals surface area (Å²) in [5, 5.41) is 5.03. The van der Waals surface area contributed by atoms with Crippen LogP contribution in [0, 0.1) is 0 Å². The van der Waals surface area contributed by atoms with Gasteiger partial charge in [0.15, 0.2) is 0 Å². The number of piperazine rings is 1. The Morgan fingerprint density at radius 2 is 1.36 bits per heavy atom. The quantitative estimate of drug-likeness (QED) is 0.521. The first kappa shape index (κ1) is 19.4. The largest absolute Gasteiger partial charge is 0.368 e. The second-order valence-electron chi connectivity index (χ2n) is 6.43. The number of nitrogens with one attached hydrogen (secondary N) is 1. The molecule has 0 saturated carbocycles. The summed E-state index contributed by atoms with van der Waals surface area (Å²) in [6.45, 7) is 5.70. The third-order valence-corrected chi connectivity index (χ3v) is 4.29. The van der Waals surface area contributed by atoms with Gasteiger partial charge in [-0.3, -0.25) is 4.79 Å². The van der Waals surface area contributed by atoms with Crippen molar-refractivity contribution in [3.63, 3.8) is 0 Å². The van der Waals surface area contributed by atoms with E-state index in [2.05, 4.69) is 12.2 Å². The molecule has 22 heavy (non-hydrogen) atoms. The number of unbranched alkanes of at least 4 members (excludes halogenated alkanes) is 10. The van der Waals surface area contributed by atoms with E-state index in [1.165, 1.54) is 57.8 Å². The van der Waals surface area contributed by atoms with Crippen molar-refractivity contribution in [1.29, 1.82) is 0 Å². The number of hydroxylamine groups is 2. The number of rotatable bonds is 13. The van der Waals surface area contributed by atoms with Gasteiger partial charge in [0.25, 0.3) is 0 Å². The Balaban J connectivity index is 1.79. The fourth-order valence-corrected chi connectivity index (χ4v) is 2.86. The number of carbonyl (C=O) groups excluding carboxylic acids is 1. The van der Waals surface area contributed by atoms with Crippen LogP contribution >= 0.6 is 0 Å². The van der Waals surface area contributed by atoms with Crippen LogP contribution in [0.25, 0.3) is 0 Å². The summed E-state index contributed by atoms with van der Waals surface area (Å²) in [4.78, 5) is 17.0. The first-order chi connectivity index (χ1) is 10.8. The van der Waals surface area contributed by atoms with Crippen LogP contribution in [0.15, 0.2) is 0 Å². The summed E-state index contributed by atoms with van der Waals surface area (Å²) in [6.07, 6.45) is 15.0. The summed E-state index contributed by atoms with van der Waals surface area (Å²) in [5.74, 6) is -0.0576. The molecule has 1 aliphatic heterocycles. The van der Waals surface area contributed by atoms with E-state index >= 15 is 0 Å². The zero-order valence-electron chi connectivity index (χ0n) is 14.6. The van der Waals surface area contributed by atoms with Crippen LogP contribution < -0.4 is 5.32 Å². The number of carbonyl (C=O) groups is 1. The maximum atomic E-state index is 11.7. The van der Waals surface area contributed by atoms with E-state index in [0.717, 1.165) is 39.0 Å². The molecule has 1 N–H and O–H groups in total. The molecule has 1 fully saturated rings. The van der Waals surface area contributed by atoms with Gasteiger partial charge in [-0.2, -0.15) is 0 Å². The monoisotopic (exact) mass is 312 g/mol. The van der Waals surface area contributed by atoms with Crippen molar-refractivity contribution in [2.45, 2.75) is 84.0 Å². The van der Waals surface area contributed by atoms with E-state index in [1.807, 2.05) is 0 Å². The fourth-order valence-electron chi connectivity index (χ4n) is 2.86. The molecule has 0 aromatic carbocycles. The number of hydrogen-bond donors (Lipinski definition) is 1. The van der Waals surface area contributed by atoms with Crippen LogP contribution in [-0.2, 0) is 9.63 Å². The zero-order chi connectivity index (χ0) is 15.9. The van der Waals surface area contributed by atoms with E-state index in [9.17, 15) is 4.79 Å². The summed E-state index contributed by atoms with van der Waals surface area (Å²) in [5.41, 5.74) is 0. The Labute approximate surface area is 136 Å². The molecule has 0 aromatic rings. The van der Waals surface area contributed by atoms with Gasteiger partial charge in [0.05, 0.1) is 0 Å². The standard InChI is InChI=1S/C18H36N2O2/c1-2-3-4-5-6-7-8-9-10-11-12-13-18(21)22-20-16-14-19-15-17-20/h19H,2-17H2,1H3. The van der Waals surface area contributed by atoms with Crippen molar-refractivity contribution in [2.24, 2.45) is 0 Å². The zero-order valence-corrected chi connectivity index (χ0v) is 14.6. The van der Waals surface area contributed by atoms with Gasteiger partial charge in [0, 0.05) is 32.6 Å². The van der Waals surface area contributed by atoms with Crippen molar-refractivity contribution in [3.8, 4) is 0 Å². The molecular weight excluding hydrogens is 276 g/mol. The third-order valence-electron chi connectivity index (χ3n) is 4.29. The summed E-state index contributed by atoms with van der Waals surface area (Å²) in [6, 6.07) is 0. The summed E-state index contributed by atoms with van der Waals surface area (Å²) < 4.78 is 0. The maximum absolute atomic E-state index is 11.7. The van der Waals surface area contributed by atoms with Gasteiger partial charge < -0.3 is 10.2 Å². The lowest BCUT2D eigenvalue weighted by atomic mass is 10.1. The third kappa shape index (κ3) is 11.0. The average molecular weight is 312 g/mol. The molecule has 0 spiro atoms. The van der Waals surface area contributed by atoms with Crippen molar-refractivity contribution in [3.05, 3.63) is 0 Å². The summed E-state index contributed by atoms with van der Waals surface area (Å²) >= 11 is 0. The molecule has 0 aromatic heterocycles. The number of hydrogen-bond acceptors (Lipinski definition) is 4. The molecule has 0 bridgehead atoms. The first-order valence-electron chi connectivity index (χ1n) is 9.49. The van der Waals surface area contributed by atoms with Gasteiger partial charge >= 0.3 is 5.97 Å². The van der Waals surface area contributed by atoms with Gasteiger partial charge in [-0.15, -0.1) is 5.06 Å². The molecule has 1 saturated heterocycles. The lowest BCUT2D eigenvalue weighted by Crippen LogP contribution is -2.44. The van der Waals surface area contributed by atoms with Crippen LogP contribution in [0.5, 0.6) is 0 Å².